The SMILES string of the molecule is COc1cc([C@H]2C(C#N)=C(SCC(=O)Nc3ccc(Br)cc3)NC3=C2C(=O)CCC3)cc(OC)c1OC. The van der Waals surface area contributed by atoms with Gasteiger partial charge in [0, 0.05) is 27.9 Å². The predicted octanol–water partition coefficient (Wildman–Crippen LogP) is 5.28. The zero-order valence-corrected chi connectivity index (χ0v) is 23.0. The number of halogens is 1. The number of allylic oxidation sites excluding steroid dienone is 3. The quantitative estimate of drug-likeness (QED) is 0.432. The number of hydrogen-bond acceptors (Lipinski definition) is 8. The molecular formula is C27H26BrN3O5S. The number of benzene rings is 2. The number of anilines is 1. The molecule has 2 aromatic rings. The molecule has 0 bridgehead atoms. The summed E-state index contributed by atoms with van der Waals surface area (Å²) in [5, 5.41) is 17.0. The maximum atomic E-state index is 13.1. The third-order valence-electron chi connectivity index (χ3n) is 6.16. The van der Waals surface area contributed by atoms with Crippen molar-refractivity contribution in [1.82, 2.24) is 5.32 Å². The van der Waals surface area contributed by atoms with Crippen LogP contribution in [0.5, 0.6) is 17.2 Å². The monoisotopic (exact) mass is 583 g/mol. The second kappa shape index (κ2) is 11.8. The summed E-state index contributed by atoms with van der Waals surface area (Å²) in [7, 11) is 4.56. The standard InChI is InChI=1S/C27H26BrN3O5S/c1-34-21-11-15(12-22(35-2)26(21)36-3)24-18(13-29)27(31-19-5-4-6-20(32)25(19)24)37-14-23(33)30-17-9-7-16(28)8-10-17/h7-12,24,31H,4-6,14H2,1-3H3,(H,30,33)/t24-/m0/s1. The molecule has 0 saturated heterocycles. The van der Waals surface area contributed by atoms with Crippen molar-refractivity contribution in [2.24, 2.45) is 0 Å². The molecule has 1 amide bonds. The lowest BCUT2D eigenvalue weighted by Crippen LogP contribution is -2.31. The maximum Gasteiger partial charge on any atom is 0.234 e. The van der Waals surface area contributed by atoms with Gasteiger partial charge in [-0.05, 0) is 54.8 Å². The van der Waals surface area contributed by atoms with E-state index in [1.54, 1.807) is 24.3 Å². The van der Waals surface area contributed by atoms with E-state index in [0.29, 0.717) is 57.5 Å². The minimum absolute atomic E-state index is 0.00252. The average molecular weight is 584 g/mol. The first-order chi connectivity index (χ1) is 17.9. The van der Waals surface area contributed by atoms with Gasteiger partial charge in [-0.25, -0.2) is 0 Å². The third-order valence-corrected chi connectivity index (χ3v) is 7.70. The molecule has 4 rings (SSSR count). The first kappa shape index (κ1) is 26.6. The number of nitriles is 1. The van der Waals surface area contributed by atoms with Crippen LogP contribution in [-0.2, 0) is 9.59 Å². The smallest absolute Gasteiger partial charge is 0.234 e. The van der Waals surface area contributed by atoms with Crippen molar-refractivity contribution in [3.63, 3.8) is 0 Å². The van der Waals surface area contributed by atoms with Crippen LogP contribution in [0.25, 0.3) is 0 Å². The second-order valence-electron chi connectivity index (χ2n) is 8.38. The molecule has 0 fully saturated rings. The van der Waals surface area contributed by atoms with Crippen molar-refractivity contribution in [1.29, 1.82) is 5.26 Å². The maximum absolute atomic E-state index is 13.1. The Morgan fingerprint density at radius 1 is 1.14 bits per heavy atom. The number of methoxy groups -OCH3 is 3. The van der Waals surface area contributed by atoms with Crippen LogP contribution in [0.3, 0.4) is 0 Å². The van der Waals surface area contributed by atoms with Crippen LogP contribution in [-0.4, -0.2) is 38.8 Å². The zero-order valence-electron chi connectivity index (χ0n) is 20.6. The Bertz CT molecular complexity index is 1310. The van der Waals surface area contributed by atoms with Gasteiger partial charge < -0.3 is 24.8 Å². The molecule has 1 aliphatic heterocycles. The van der Waals surface area contributed by atoms with Crippen LogP contribution in [0.15, 0.2) is 62.7 Å². The van der Waals surface area contributed by atoms with Gasteiger partial charge in [0.25, 0.3) is 0 Å². The highest BCUT2D eigenvalue weighted by Gasteiger charge is 2.38. The van der Waals surface area contributed by atoms with Crippen LogP contribution in [0.2, 0.25) is 0 Å². The number of ketones is 1. The Balaban J connectivity index is 1.70. The number of ether oxygens (including phenoxy) is 3. The minimum Gasteiger partial charge on any atom is -0.493 e. The summed E-state index contributed by atoms with van der Waals surface area (Å²) in [6.07, 6.45) is 1.81. The van der Waals surface area contributed by atoms with Crippen LogP contribution in [0, 0.1) is 11.3 Å². The van der Waals surface area contributed by atoms with E-state index >= 15 is 0 Å². The molecule has 8 nitrogen and oxygen atoms in total. The number of rotatable bonds is 8. The highest BCUT2D eigenvalue weighted by Crippen LogP contribution is 2.48. The van der Waals surface area contributed by atoms with Crippen LogP contribution < -0.4 is 24.8 Å². The van der Waals surface area contributed by atoms with Crippen molar-refractivity contribution in [2.45, 2.75) is 25.2 Å². The van der Waals surface area contributed by atoms with Gasteiger partial charge in [-0.1, -0.05) is 27.7 Å². The molecule has 37 heavy (non-hydrogen) atoms. The van der Waals surface area contributed by atoms with Gasteiger partial charge in [0.1, 0.15) is 0 Å². The molecule has 2 aromatic carbocycles. The molecule has 0 unspecified atom stereocenters. The number of carbonyl (C=O) groups excluding carboxylic acids is 2. The number of hydrogen-bond donors (Lipinski definition) is 2. The van der Waals surface area contributed by atoms with Gasteiger partial charge in [-0.3, -0.25) is 9.59 Å². The fourth-order valence-electron chi connectivity index (χ4n) is 4.51. The minimum atomic E-state index is -0.625. The number of amides is 1. The van der Waals surface area contributed by atoms with Crippen LogP contribution in [0.4, 0.5) is 5.69 Å². The number of nitrogens with zero attached hydrogens (tertiary/aromatic N) is 1. The summed E-state index contributed by atoms with van der Waals surface area (Å²) < 4.78 is 17.4. The van der Waals surface area contributed by atoms with Gasteiger partial charge in [-0.15, -0.1) is 0 Å². The number of Topliss-reactive ketones (excluding diaryl/α,β-unsaturated/α-hetero) is 1. The molecule has 192 valence electrons. The summed E-state index contributed by atoms with van der Waals surface area (Å²) >= 11 is 4.61. The summed E-state index contributed by atoms with van der Waals surface area (Å²) in [4.78, 5) is 25.8. The molecule has 1 atom stereocenters. The lowest BCUT2D eigenvalue weighted by atomic mass is 9.76. The van der Waals surface area contributed by atoms with E-state index in [9.17, 15) is 14.9 Å². The zero-order chi connectivity index (χ0) is 26.5. The van der Waals surface area contributed by atoms with Gasteiger partial charge in [0.15, 0.2) is 17.3 Å². The van der Waals surface area contributed by atoms with Crippen molar-refractivity contribution >= 4 is 45.1 Å². The summed E-state index contributed by atoms with van der Waals surface area (Å²) in [5.74, 6) is 0.540. The lowest BCUT2D eigenvalue weighted by molar-refractivity contribution is -0.116. The first-order valence-corrected chi connectivity index (χ1v) is 13.3. The Labute approximate surface area is 228 Å². The number of dihydropyridines is 1. The number of thioether (sulfide) groups is 1. The van der Waals surface area contributed by atoms with E-state index in [4.69, 9.17) is 14.2 Å². The van der Waals surface area contributed by atoms with Crippen molar-refractivity contribution < 1.29 is 23.8 Å². The van der Waals surface area contributed by atoms with Crippen molar-refractivity contribution in [3.8, 4) is 23.3 Å². The van der Waals surface area contributed by atoms with Crippen LogP contribution >= 0.6 is 27.7 Å². The van der Waals surface area contributed by atoms with E-state index < -0.39 is 5.92 Å². The molecule has 1 heterocycles. The Kier molecular flexibility index (Phi) is 8.46. The van der Waals surface area contributed by atoms with Gasteiger partial charge >= 0.3 is 0 Å². The molecule has 1 aliphatic carbocycles. The Hall–Kier alpha value is -3.42. The number of nitrogens with one attached hydrogen (secondary N) is 2. The topological polar surface area (TPSA) is 110 Å². The molecule has 2 aliphatic rings. The Morgan fingerprint density at radius 3 is 2.41 bits per heavy atom. The molecule has 10 heteroatoms. The highest BCUT2D eigenvalue weighted by atomic mass is 79.9. The first-order valence-electron chi connectivity index (χ1n) is 11.6. The van der Waals surface area contributed by atoms with Crippen LogP contribution in [0.1, 0.15) is 30.7 Å². The van der Waals surface area contributed by atoms with Gasteiger partial charge in [0.2, 0.25) is 11.7 Å². The van der Waals surface area contributed by atoms with E-state index in [1.807, 2.05) is 12.1 Å². The molecule has 0 aromatic heterocycles. The van der Waals surface area contributed by atoms with Gasteiger partial charge in [-0.2, -0.15) is 5.26 Å². The normalized spacial score (nSPS) is 16.9. The largest absolute Gasteiger partial charge is 0.493 e. The third kappa shape index (κ3) is 5.63. The molecule has 2 N–H and O–H groups in total. The molecule has 0 spiro atoms. The molecule has 0 saturated carbocycles. The Morgan fingerprint density at radius 2 is 1.81 bits per heavy atom. The summed E-state index contributed by atoms with van der Waals surface area (Å²) in [5.41, 5.74) is 3.07. The molecule has 0 radical (unpaired) electrons. The molecular weight excluding hydrogens is 558 g/mol. The predicted molar refractivity (Wildman–Crippen MR) is 146 cm³/mol. The van der Waals surface area contributed by atoms with Crippen molar-refractivity contribution in [3.05, 3.63) is 68.3 Å². The summed E-state index contributed by atoms with van der Waals surface area (Å²) in [6.45, 7) is 0. The van der Waals surface area contributed by atoms with E-state index in [-0.39, 0.29) is 17.4 Å². The number of carbonyl (C=O) groups is 2. The van der Waals surface area contributed by atoms with Gasteiger partial charge in [0.05, 0.1) is 49.7 Å². The fourth-order valence-corrected chi connectivity index (χ4v) is 5.63. The average Bonchev–Trinajstić information content (AvgIpc) is 2.91. The van der Waals surface area contributed by atoms with Crippen molar-refractivity contribution in [2.75, 3.05) is 32.4 Å². The summed E-state index contributed by atoms with van der Waals surface area (Å²) in [6, 6.07) is 13.1. The second-order valence-corrected chi connectivity index (χ2v) is 10.3. The van der Waals surface area contributed by atoms with E-state index in [1.165, 1.54) is 33.1 Å². The highest BCUT2D eigenvalue weighted by molar-refractivity contribution is 9.10. The van der Waals surface area contributed by atoms with E-state index in [2.05, 4.69) is 32.6 Å². The van der Waals surface area contributed by atoms with E-state index in [0.717, 1.165) is 16.6 Å². The lowest BCUT2D eigenvalue weighted by Gasteiger charge is -2.33. The fraction of sp³-hybridized carbons (Fsp3) is 0.296.